The monoisotopic (exact) mass is 433 g/mol. The van der Waals surface area contributed by atoms with Crippen molar-refractivity contribution in [3.63, 3.8) is 0 Å². The van der Waals surface area contributed by atoms with Crippen LogP contribution in [-0.4, -0.2) is 57.0 Å². The highest BCUT2D eigenvalue weighted by molar-refractivity contribution is 6.10. The van der Waals surface area contributed by atoms with E-state index >= 15 is 0 Å². The van der Waals surface area contributed by atoms with Gasteiger partial charge in [-0.1, -0.05) is 57.0 Å². The Morgan fingerprint density at radius 1 is 0.938 bits per heavy atom. The van der Waals surface area contributed by atoms with Crippen molar-refractivity contribution >= 4 is 23.2 Å². The summed E-state index contributed by atoms with van der Waals surface area (Å²) in [6, 6.07) is 16.6. The van der Waals surface area contributed by atoms with E-state index in [1.165, 1.54) is 31.4 Å². The third-order valence-electron chi connectivity index (χ3n) is 6.24. The fourth-order valence-corrected chi connectivity index (χ4v) is 4.16. The Morgan fingerprint density at radius 3 is 2.31 bits per heavy atom. The molecule has 1 aliphatic rings. The lowest BCUT2D eigenvalue weighted by Crippen LogP contribution is -2.44. The highest BCUT2D eigenvalue weighted by Crippen LogP contribution is 2.24. The average Bonchev–Trinajstić information content (AvgIpc) is 2.83. The largest absolute Gasteiger partial charge is 0.372 e. The van der Waals surface area contributed by atoms with Crippen molar-refractivity contribution < 1.29 is 4.79 Å². The van der Waals surface area contributed by atoms with E-state index in [4.69, 9.17) is 0 Å². The van der Waals surface area contributed by atoms with Crippen molar-refractivity contribution in [3.8, 4) is 0 Å². The quantitative estimate of drug-likeness (QED) is 0.333. The molecule has 0 aromatic heterocycles. The average molecular weight is 434 g/mol. The lowest BCUT2D eigenvalue weighted by atomic mass is 10.0. The van der Waals surface area contributed by atoms with E-state index in [2.05, 4.69) is 65.9 Å². The highest BCUT2D eigenvalue weighted by Gasteiger charge is 2.18. The van der Waals surface area contributed by atoms with E-state index in [9.17, 15) is 4.79 Å². The maximum Gasteiger partial charge on any atom is 0.187 e. The number of hydrogen-bond donors (Lipinski definition) is 0. The molecule has 0 amide bonds. The van der Waals surface area contributed by atoms with Crippen LogP contribution in [0.15, 0.2) is 54.6 Å². The second-order valence-corrected chi connectivity index (χ2v) is 8.79. The number of hydrogen-bond acceptors (Lipinski definition) is 4. The Morgan fingerprint density at radius 2 is 1.62 bits per heavy atom. The zero-order valence-corrected chi connectivity index (χ0v) is 20.1. The molecule has 32 heavy (non-hydrogen) atoms. The van der Waals surface area contributed by atoms with Crippen LogP contribution in [0.2, 0.25) is 0 Å². The minimum absolute atomic E-state index is 0.0683. The van der Waals surface area contributed by atoms with Crippen molar-refractivity contribution in [1.29, 1.82) is 0 Å². The van der Waals surface area contributed by atoms with Gasteiger partial charge in [0.1, 0.15) is 0 Å². The van der Waals surface area contributed by atoms with Crippen molar-refractivity contribution in [1.82, 2.24) is 4.90 Å². The number of benzene rings is 2. The molecule has 4 heteroatoms. The first-order chi connectivity index (χ1) is 15.6. The summed E-state index contributed by atoms with van der Waals surface area (Å²) in [7, 11) is 2.15. The number of piperazine rings is 1. The van der Waals surface area contributed by atoms with Crippen LogP contribution >= 0.6 is 0 Å². The van der Waals surface area contributed by atoms with Crippen LogP contribution in [0.1, 0.15) is 55.5 Å². The summed E-state index contributed by atoms with van der Waals surface area (Å²) in [5.41, 5.74) is 4.16. The first kappa shape index (κ1) is 24.1. The molecule has 0 N–H and O–H groups in total. The number of likely N-dealkylation sites (N-methyl/N-ethyl adjacent to an activating group) is 1. The van der Waals surface area contributed by atoms with E-state index in [1.54, 1.807) is 6.08 Å². The van der Waals surface area contributed by atoms with E-state index in [0.29, 0.717) is 0 Å². The molecule has 0 radical (unpaired) electrons. The van der Waals surface area contributed by atoms with Gasteiger partial charge in [-0.3, -0.25) is 4.79 Å². The molecule has 2 aromatic rings. The van der Waals surface area contributed by atoms with Gasteiger partial charge in [0.15, 0.2) is 5.78 Å². The number of rotatable bonds is 11. The second-order valence-electron chi connectivity index (χ2n) is 8.79. The fraction of sp³-hybridized carbons (Fsp3) is 0.464. The van der Waals surface area contributed by atoms with Gasteiger partial charge < -0.3 is 14.7 Å². The molecule has 0 spiro atoms. The minimum Gasteiger partial charge on any atom is -0.372 e. The SMILES string of the molecule is CCCCN(CCCC)c1cccc(C=CC(=O)c2ccccc2N2CCN(C)CC2)c1. The van der Waals surface area contributed by atoms with Crippen LogP contribution in [0.3, 0.4) is 0 Å². The van der Waals surface area contributed by atoms with Gasteiger partial charge in [0.2, 0.25) is 0 Å². The molecule has 4 nitrogen and oxygen atoms in total. The second kappa shape index (κ2) is 12.4. The summed E-state index contributed by atoms with van der Waals surface area (Å²) in [5.74, 6) is 0.0683. The Balaban J connectivity index is 1.74. The number of para-hydroxylation sites is 1. The molecule has 3 rings (SSSR count). The fourth-order valence-electron chi connectivity index (χ4n) is 4.16. The van der Waals surface area contributed by atoms with Crippen molar-refractivity contribution in [2.24, 2.45) is 0 Å². The molecule has 1 fully saturated rings. The van der Waals surface area contributed by atoms with E-state index < -0.39 is 0 Å². The van der Waals surface area contributed by atoms with Gasteiger partial charge in [0, 0.05) is 56.2 Å². The first-order valence-electron chi connectivity index (χ1n) is 12.2. The van der Waals surface area contributed by atoms with Gasteiger partial charge >= 0.3 is 0 Å². The summed E-state index contributed by atoms with van der Waals surface area (Å²) in [6.07, 6.45) is 8.49. The Hall–Kier alpha value is -2.59. The van der Waals surface area contributed by atoms with Crippen LogP contribution in [0.5, 0.6) is 0 Å². The lowest BCUT2D eigenvalue weighted by Gasteiger charge is -2.34. The third kappa shape index (κ3) is 6.70. The summed E-state index contributed by atoms with van der Waals surface area (Å²) in [5, 5.41) is 0. The van der Waals surface area contributed by atoms with Gasteiger partial charge in [-0.05, 0) is 55.8 Å². The van der Waals surface area contributed by atoms with E-state index in [0.717, 1.165) is 56.1 Å². The molecular formula is C28H39N3O. The van der Waals surface area contributed by atoms with Gasteiger partial charge in [-0.25, -0.2) is 0 Å². The van der Waals surface area contributed by atoms with Crippen LogP contribution < -0.4 is 9.80 Å². The topological polar surface area (TPSA) is 26.8 Å². The highest BCUT2D eigenvalue weighted by atomic mass is 16.1. The van der Waals surface area contributed by atoms with E-state index in [1.807, 2.05) is 24.3 Å². The Bertz CT molecular complexity index is 876. The zero-order chi connectivity index (χ0) is 22.8. The number of unbranched alkanes of at least 4 members (excludes halogenated alkanes) is 2. The van der Waals surface area contributed by atoms with Crippen molar-refractivity contribution in [2.45, 2.75) is 39.5 Å². The normalized spacial score (nSPS) is 14.8. The molecule has 172 valence electrons. The van der Waals surface area contributed by atoms with Gasteiger partial charge in [0.25, 0.3) is 0 Å². The standard InChI is InChI=1S/C28H39N3O/c1-4-6-17-30(18-7-5-2)25-12-10-11-24(23-25)15-16-28(32)26-13-8-9-14-27(26)31-21-19-29(3)20-22-31/h8-16,23H,4-7,17-22H2,1-3H3. The Kier molecular flexibility index (Phi) is 9.36. The summed E-state index contributed by atoms with van der Waals surface area (Å²) in [4.78, 5) is 20.3. The molecule has 0 aliphatic carbocycles. The molecule has 1 saturated heterocycles. The number of allylic oxidation sites excluding steroid dienone is 1. The van der Waals surface area contributed by atoms with Crippen LogP contribution in [0.25, 0.3) is 6.08 Å². The number of nitrogens with zero attached hydrogens (tertiary/aromatic N) is 3. The molecule has 0 unspecified atom stereocenters. The number of anilines is 2. The van der Waals surface area contributed by atoms with Gasteiger partial charge in [0.05, 0.1) is 0 Å². The summed E-state index contributed by atoms with van der Waals surface area (Å²) in [6.45, 7) is 10.6. The van der Waals surface area contributed by atoms with Gasteiger partial charge in [-0.15, -0.1) is 0 Å². The maximum atomic E-state index is 13.1. The zero-order valence-electron chi connectivity index (χ0n) is 20.1. The summed E-state index contributed by atoms with van der Waals surface area (Å²) < 4.78 is 0. The number of ketones is 1. The molecular weight excluding hydrogens is 394 g/mol. The minimum atomic E-state index is 0.0683. The maximum absolute atomic E-state index is 13.1. The third-order valence-corrected chi connectivity index (χ3v) is 6.24. The van der Waals surface area contributed by atoms with Crippen LogP contribution in [0.4, 0.5) is 11.4 Å². The molecule has 1 heterocycles. The van der Waals surface area contributed by atoms with Crippen molar-refractivity contribution in [2.75, 3.05) is 56.1 Å². The van der Waals surface area contributed by atoms with Crippen LogP contribution in [0, 0.1) is 0 Å². The molecule has 2 aromatic carbocycles. The molecule has 0 saturated carbocycles. The van der Waals surface area contributed by atoms with E-state index in [-0.39, 0.29) is 5.78 Å². The van der Waals surface area contributed by atoms with Crippen molar-refractivity contribution in [3.05, 3.63) is 65.7 Å². The number of carbonyl (C=O) groups is 1. The predicted octanol–water partition coefficient (Wildman–Crippen LogP) is 5.74. The lowest BCUT2D eigenvalue weighted by molar-refractivity contribution is 0.104. The van der Waals surface area contributed by atoms with Gasteiger partial charge in [-0.2, -0.15) is 0 Å². The predicted molar refractivity (Wildman–Crippen MR) is 138 cm³/mol. The summed E-state index contributed by atoms with van der Waals surface area (Å²) >= 11 is 0. The number of carbonyl (C=O) groups excluding carboxylic acids is 1. The molecule has 0 atom stereocenters. The van der Waals surface area contributed by atoms with Crippen LogP contribution in [-0.2, 0) is 0 Å². The molecule has 1 aliphatic heterocycles. The Labute approximate surface area is 194 Å². The molecule has 0 bridgehead atoms. The smallest absolute Gasteiger partial charge is 0.187 e. The first-order valence-corrected chi connectivity index (χ1v) is 12.2.